The van der Waals surface area contributed by atoms with Crippen molar-refractivity contribution in [3.8, 4) is 0 Å². The standard InChI is InChI=1S/C32H42NO6P/c33-20-12-1-2-13-21-35-31-30(36-23-26-14-6-3-7-15-26)32(37-24-27-16-8-4-9-17-27)40(29(22-34)39-31)38-25-28-18-10-5-11-19-28/h3-11,14-19,29-32,34H,1-2,12-13,20-25,33H2. The summed E-state index contributed by atoms with van der Waals surface area (Å²) in [5.41, 5.74) is 8.77. The minimum Gasteiger partial charge on any atom is -0.393 e. The molecule has 4 rings (SSSR count). The molecule has 0 aromatic heterocycles. The molecule has 7 nitrogen and oxygen atoms in total. The van der Waals surface area contributed by atoms with E-state index in [1.54, 1.807) is 0 Å². The first kappa shape index (κ1) is 30.8. The second-order valence-corrected chi connectivity index (χ2v) is 11.8. The zero-order valence-corrected chi connectivity index (χ0v) is 23.9. The Balaban J connectivity index is 1.54. The van der Waals surface area contributed by atoms with Gasteiger partial charge < -0.3 is 34.3 Å². The zero-order chi connectivity index (χ0) is 27.8. The van der Waals surface area contributed by atoms with E-state index in [4.69, 9.17) is 29.2 Å². The maximum Gasteiger partial charge on any atom is 0.187 e. The summed E-state index contributed by atoms with van der Waals surface area (Å²) in [6, 6.07) is 30.1. The number of aliphatic hydroxyl groups is 1. The van der Waals surface area contributed by atoms with Crippen LogP contribution in [-0.4, -0.2) is 48.9 Å². The summed E-state index contributed by atoms with van der Waals surface area (Å²) in [4.78, 5) is 0. The Bertz CT molecular complexity index is 1060. The third kappa shape index (κ3) is 9.72. The molecule has 5 unspecified atom stereocenters. The molecule has 40 heavy (non-hydrogen) atoms. The lowest BCUT2D eigenvalue weighted by molar-refractivity contribution is -0.251. The normalized spacial score (nSPS) is 22.8. The van der Waals surface area contributed by atoms with Gasteiger partial charge >= 0.3 is 0 Å². The van der Waals surface area contributed by atoms with Crippen LogP contribution in [0.1, 0.15) is 42.4 Å². The Hall–Kier alpha value is -2.19. The number of unbranched alkanes of at least 4 members (excludes halogenated alkanes) is 3. The predicted octanol–water partition coefficient (Wildman–Crippen LogP) is 5.94. The van der Waals surface area contributed by atoms with Crippen molar-refractivity contribution in [1.82, 2.24) is 0 Å². The van der Waals surface area contributed by atoms with E-state index in [0.717, 1.165) is 42.4 Å². The monoisotopic (exact) mass is 567 g/mol. The summed E-state index contributed by atoms with van der Waals surface area (Å²) in [5, 5.41) is 10.4. The molecule has 1 fully saturated rings. The minimum atomic E-state index is -1.40. The third-order valence-electron chi connectivity index (χ3n) is 6.68. The number of aliphatic hydroxyl groups excluding tert-OH is 1. The molecule has 1 aliphatic heterocycles. The maximum absolute atomic E-state index is 10.4. The molecule has 216 valence electrons. The molecule has 0 amide bonds. The number of ether oxygens (including phenoxy) is 4. The second kappa shape index (κ2) is 17.6. The topological polar surface area (TPSA) is 92.4 Å². The summed E-state index contributed by atoms with van der Waals surface area (Å²) in [6.07, 6.45) is 2.76. The Kier molecular flexibility index (Phi) is 13.5. The van der Waals surface area contributed by atoms with Crippen LogP contribution in [0.4, 0.5) is 0 Å². The molecule has 1 aliphatic rings. The summed E-state index contributed by atoms with van der Waals surface area (Å²) >= 11 is 0. The van der Waals surface area contributed by atoms with E-state index in [-0.39, 0.29) is 6.61 Å². The van der Waals surface area contributed by atoms with Crippen LogP contribution in [-0.2, 0) is 43.3 Å². The van der Waals surface area contributed by atoms with Crippen LogP contribution < -0.4 is 5.73 Å². The van der Waals surface area contributed by atoms with Crippen LogP contribution in [0.15, 0.2) is 91.0 Å². The number of hydrogen-bond donors (Lipinski definition) is 2. The van der Waals surface area contributed by atoms with Gasteiger partial charge in [0.15, 0.2) is 6.29 Å². The van der Waals surface area contributed by atoms with Gasteiger partial charge in [-0.05, 0) is 36.1 Å². The predicted molar refractivity (Wildman–Crippen MR) is 157 cm³/mol. The fourth-order valence-corrected chi connectivity index (χ4v) is 6.60. The average Bonchev–Trinajstić information content (AvgIpc) is 3.01. The third-order valence-corrected chi connectivity index (χ3v) is 8.91. The molecule has 0 radical (unpaired) electrons. The summed E-state index contributed by atoms with van der Waals surface area (Å²) in [7, 11) is -1.40. The van der Waals surface area contributed by atoms with Crippen LogP contribution in [0.2, 0.25) is 0 Å². The highest BCUT2D eigenvalue weighted by Gasteiger charge is 2.49. The van der Waals surface area contributed by atoms with Gasteiger partial charge in [-0.25, -0.2) is 0 Å². The SMILES string of the molecule is NCCCCCCOC1OC(CO)P(OCc2ccccc2)C(OCc2ccccc2)C1OCc1ccccc1. The van der Waals surface area contributed by atoms with Gasteiger partial charge in [0.25, 0.3) is 0 Å². The highest BCUT2D eigenvalue weighted by Crippen LogP contribution is 2.55. The molecular formula is C32H42NO6P. The smallest absolute Gasteiger partial charge is 0.187 e. The lowest BCUT2D eigenvalue weighted by Gasteiger charge is -2.45. The average molecular weight is 568 g/mol. The second-order valence-electron chi connectivity index (χ2n) is 9.78. The highest BCUT2D eigenvalue weighted by molar-refractivity contribution is 7.53. The molecule has 3 N–H and O–H groups in total. The molecule has 3 aromatic rings. The van der Waals surface area contributed by atoms with Gasteiger partial charge in [-0.15, -0.1) is 0 Å². The van der Waals surface area contributed by atoms with Crippen molar-refractivity contribution in [3.05, 3.63) is 108 Å². The maximum atomic E-state index is 10.4. The van der Waals surface area contributed by atoms with E-state index in [0.29, 0.717) is 33.0 Å². The van der Waals surface area contributed by atoms with Crippen molar-refractivity contribution < 1.29 is 28.6 Å². The molecule has 1 saturated heterocycles. The van der Waals surface area contributed by atoms with E-state index in [2.05, 4.69) is 0 Å². The van der Waals surface area contributed by atoms with Crippen LogP contribution >= 0.6 is 8.15 Å². The van der Waals surface area contributed by atoms with Gasteiger partial charge in [0.1, 0.15) is 17.8 Å². The van der Waals surface area contributed by atoms with Crippen LogP contribution in [0.3, 0.4) is 0 Å². The fourth-order valence-electron chi connectivity index (χ4n) is 4.52. The first-order valence-corrected chi connectivity index (χ1v) is 15.5. The Morgan fingerprint density at radius 2 is 1.23 bits per heavy atom. The quantitative estimate of drug-likeness (QED) is 0.154. The minimum absolute atomic E-state index is 0.201. The van der Waals surface area contributed by atoms with Crippen molar-refractivity contribution in [1.29, 1.82) is 0 Å². The molecule has 1 heterocycles. The Morgan fingerprint density at radius 3 is 1.80 bits per heavy atom. The summed E-state index contributed by atoms with van der Waals surface area (Å²) in [5.74, 6) is -1.05. The molecule has 0 aliphatic carbocycles. The molecule has 8 heteroatoms. The lowest BCUT2D eigenvalue weighted by Crippen LogP contribution is -2.51. The number of benzene rings is 3. The zero-order valence-electron chi connectivity index (χ0n) is 23.1. The Morgan fingerprint density at radius 1 is 0.675 bits per heavy atom. The van der Waals surface area contributed by atoms with E-state index < -0.39 is 32.2 Å². The first-order chi connectivity index (χ1) is 19.8. The lowest BCUT2D eigenvalue weighted by atomic mass is 10.2. The van der Waals surface area contributed by atoms with Gasteiger partial charge in [0, 0.05) is 6.61 Å². The van der Waals surface area contributed by atoms with Crippen LogP contribution in [0, 0.1) is 0 Å². The molecule has 0 spiro atoms. The summed E-state index contributed by atoms with van der Waals surface area (Å²) < 4.78 is 32.2. The van der Waals surface area contributed by atoms with Gasteiger partial charge in [0.05, 0.1) is 34.6 Å². The van der Waals surface area contributed by atoms with Crippen molar-refractivity contribution in [2.24, 2.45) is 5.73 Å². The molecule has 3 aromatic carbocycles. The molecule has 0 bridgehead atoms. The van der Waals surface area contributed by atoms with Crippen LogP contribution in [0.25, 0.3) is 0 Å². The summed E-state index contributed by atoms with van der Waals surface area (Å²) in [6.45, 7) is 2.17. The van der Waals surface area contributed by atoms with Crippen LogP contribution in [0.5, 0.6) is 0 Å². The largest absolute Gasteiger partial charge is 0.393 e. The van der Waals surface area contributed by atoms with E-state index in [1.807, 2.05) is 91.0 Å². The highest BCUT2D eigenvalue weighted by atomic mass is 31.1. The van der Waals surface area contributed by atoms with Gasteiger partial charge in [-0.1, -0.05) is 104 Å². The van der Waals surface area contributed by atoms with E-state index in [9.17, 15) is 5.11 Å². The molecule has 0 saturated carbocycles. The number of nitrogens with two attached hydrogens (primary N) is 1. The number of hydrogen-bond acceptors (Lipinski definition) is 7. The van der Waals surface area contributed by atoms with Gasteiger partial charge in [-0.3, -0.25) is 0 Å². The van der Waals surface area contributed by atoms with Crippen molar-refractivity contribution in [2.75, 3.05) is 19.8 Å². The van der Waals surface area contributed by atoms with Gasteiger partial charge in [-0.2, -0.15) is 0 Å². The van der Waals surface area contributed by atoms with Crippen molar-refractivity contribution in [2.45, 2.75) is 69.6 Å². The van der Waals surface area contributed by atoms with Crippen molar-refractivity contribution in [3.63, 3.8) is 0 Å². The fraction of sp³-hybridized carbons (Fsp3) is 0.438. The van der Waals surface area contributed by atoms with E-state index >= 15 is 0 Å². The molecule has 5 atom stereocenters. The van der Waals surface area contributed by atoms with Gasteiger partial charge in [0.2, 0.25) is 0 Å². The van der Waals surface area contributed by atoms with Crippen molar-refractivity contribution >= 4 is 8.15 Å². The van der Waals surface area contributed by atoms with E-state index in [1.165, 1.54) is 0 Å². The number of rotatable bonds is 17. The first-order valence-electron chi connectivity index (χ1n) is 14.1. The molecular weight excluding hydrogens is 525 g/mol. The Labute approximate surface area is 239 Å².